The van der Waals surface area contributed by atoms with Crippen molar-refractivity contribution in [3.63, 3.8) is 0 Å². The SMILES string of the molecule is Cc1csc([C@H]2CCCCN2C(=O)c2ccn(C)c(=O)c2)n1. The largest absolute Gasteiger partial charge is 0.329 e. The molecule has 1 atom stereocenters. The normalized spacial score (nSPS) is 18.5. The number of hydrogen-bond acceptors (Lipinski definition) is 4. The number of aromatic nitrogens is 2. The average Bonchev–Trinajstić information content (AvgIpc) is 2.96. The summed E-state index contributed by atoms with van der Waals surface area (Å²) in [6, 6.07) is 3.16. The highest BCUT2D eigenvalue weighted by Gasteiger charge is 2.30. The third-order valence-electron chi connectivity index (χ3n) is 4.04. The van der Waals surface area contributed by atoms with Crippen molar-refractivity contribution in [3.05, 3.63) is 50.3 Å². The number of piperidine rings is 1. The van der Waals surface area contributed by atoms with Crippen molar-refractivity contribution in [2.75, 3.05) is 6.54 Å². The van der Waals surface area contributed by atoms with Crippen molar-refractivity contribution in [2.45, 2.75) is 32.2 Å². The van der Waals surface area contributed by atoms with E-state index in [4.69, 9.17) is 0 Å². The summed E-state index contributed by atoms with van der Waals surface area (Å²) < 4.78 is 1.47. The van der Waals surface area contributed by atoms with Crippen LogP contribution in [-0.4, -0.2) is 26.9 Å². The highest BCUT2D eigenvalue weighted by atomic mass is 32.1. The fraction of sp³-hybridized carbons (Fsp3) is 0.438. The van der Waals surface area contributed by atoms with Crippen molar-refractivity contribution in [3.8, 4) is 0 Å². The van der Waals surface area contributed by atoms with Crippen molar-refractivity contribution in [2.24, 2.45) is 7.05 Å². The molecular formula is C16H19N3O2S. The summed E-state index contributed by atoms with van der Waals surface area (Å²) in [5, 5.41) is 3.01. The van der Waals surface area contributed by atoms with E-state index in [1.165, 1.54) is 10.6 Å². The molecule has 0 saturated carbocycles. The molecule has 0 bridgehead atoms. The minimum absolute atomic E-state index is 0.0315. The van der Waals surface area contributed by atoms with E-state index in [1.54, 1.807) is 30.6 Å². The van der Waals surface area contributed by atoms with E-state index in [1.807, 2.05) is 17.2 Å². The molecule has 0 unspecified atom stereocenters. The van der Waals surface area contributed by atoms with E-state index in [2.05, 4.69) is 4.98 Å². The fourth-order valence-electron chi connectivity index (χ4n) is 2.80. The predicted molar refractivity (Wildman–Crippen MR) is 86.2 cm³/mol. The number of thiazole rings is 1. The van der Waals surface area contributed by atoms with Crippen LogP contribution in [0.15, 0.2) is 28.5 Å². The highest BCUT2D eigenvalue weighted by molar-refractivity contribution is 7.09. The molecule has 116 valence electrons. The molecule has 0 aromatic carbocycles. The number of pyridine rings is 1. The van der Waals surface area contributed by atoms with Crippen LogP contribution in [0.2, 0.25) is 0 Å². The zero-order valence-electron chi connectivity index (χ0n) is 12.8. The number of likely N-dealkylation sites (tertiary alicyclic amines) is 1. The Kier molecular flexibility index (Phi) is 4.11. The molecule has 5 nitrogen and oxygen atoms in total. The van der Waals surface area contributed by atoms with E-state index in [-0.39, 0.29) is 17.5 Å². The maximum Gasteiger partial charge on any atom is 0.254 e. The Morgan fingerprint density at radius 1 is 1.41 bits per heavy atom. The van der Waals surface area contributed by atoms with Crippen LogP contribution in [0.25, 0.3) is 0 Å². The van der Waals surface area contributed by atoms with Gasteiger partial charge in [0.15, 0.2) is 0 Å². The van der Waals surface area contributed by atoms with Gasteiger partial charge in [-0.1, -0.05) is 0 Å². The molecule has 1 aliphatic rings. The van der Waals surface area contributed by atoms with E-state index >= 15 is 0 Å². The first-order valence-electron chi connectivity index (χ1n) is 7.46. The van der Waals surface area contributed by atoms with Gasteiger partial charge in [-0.3, -0.25) is 9.59 Å². The number of carbonyl (C=O) groups is 1. The average molecular weight is 317 g/mol. The summed E-state index contributed by atoms with van der Waals surface area (Å²) in [5.74, 6) is -0.0738. The summed E-state index contributed by atoms with van der Waals surface area (Å²) in [5.41, 5.74) is 1.29. The second kappa shape index (κ2) is 6.04. The van der Waals surface area contributed by atoms with E-state index in [9.17, 15) is 9.59 Å². The molecule has 6 heteroatoms. The molecular weight excluding hydrogens is 298 g/mol. The fourth-order valence-corrected chi connectivity index (χ4v) is 3.75. The first kappa shape index (κ1) is 15.0. The maximum atomic E-state index is 12.8. The first-order valence-corrected chi connectivity index (χ1v) is 8.34. The summed E-state index contributed by atoms with van der Waals surface area (Å²) in [6.45, 7) is 2.69. The van der Waals surface area contributed by atoms with Gasteiger partial charge in [0.05, 0.1) is 6.04 Å². The Morgan fingerprint density at radius 2 is 2.23 bits per heavy atom. The standard InChI is InChI=1S/C16H19N3O2S/c1-11-10-22-15(17-11)13-5-3-4-7-19(13)16(21)12-6-8-18(2)14(20)9-12/h6,8-10,13H,3-5,7H2,1-2H3/t13-/m1/s1. The monoisotopic (exact) mass is 317 g/mol. The molecule has 0 spiro atoms. The first-order chi connectivity index (χ1) is 10.6. The molecule has 0 radical (unpaired) electrons. The van der Waals surface area contributed by atoms with Gasteiger partial charge in [-0.05, 0) is 32.3 Å². The third-order valence-corrected chi connectivity index (χ3v) is 5.10. The Bertz CT molecular complexity index is 750. The minimum Gasteiger partial charge on any atom is -0.329 e. The maximum absolute atomic E-state index is 12.8. The quantitative estimate of drug-likeness (QED) is 0.855. The lowest BCUT2D eigenvalue weighted by Crippen LogP contribution is -2.39. The van der Waals surface area contributed by atoms with Gasteiger partial charge in [-0.2, -0.15) is 0 Å². The number of hydrogen-bond donors (Lipinski definition) is 0. The van der Waals surface area contributed by atoms with Gasteiger partial charge in [-0.15, -0.1) is 11.3 Å². The highest BCUT2D eigenvalue weighted by Crippen LogP contribution is 2.33. The molecule has 1 aliphatic heterocycles. The Morgan fingerprint density at radius 3 is 2.91 bits per heavy atom. The molecule has 1 saturated heterocycles. The van der Waals surface area contributed by atoms with Crippen molar-refractivity contribution < 1.29 is 4.79 Å². The van der Waals surface area contributed by atoms with Gasteiger partial charge in [0.1, 0.15) is 5.01 Å². The van der Waals surface area contributed by atoms with Gasteiger partial charge >= 0.3 is 0 Å². The molecule has 0 N–H and O–H groups in total. The zero-order valence-corrected chi connectivity index (χ0v) is 13.6. The smallest absolute Gasteiger partial charge is 0.254 e. The number of rotatable bonds is 2. The van der Waals surface area contributed by atoms with Crippen molar-refractivity contribution in [1.29, 1.82) is 0 Å². The summed E-state index contributed by atoms with van der Waals surface area (Å²) >= 11 is 1.61. The minimum atomic E-state index is -0.162. The van der Waals surface area contributed by atoms with E-state index in [0.717, 1.165) is 36.5 Å². The molecule has 1 fully saturated rings. The van der Waals surface area contributed by atoms with Gasteiger partial charge in [0, 0.05) is 42.5 Å². The molecule has 0 aliphatic carbocycles. The van der Waals surface area contributed by atoms with Gasteiger partial charge in [0.25, 0.3) is 11.5 Å². The lowest BCUT2D eigenvalue weighted by atomic mass is 10.0. The summed E-state index contributed by atoms with van der Waals surface area (Å²) in [7, 11) is 1.68. The molecule has 22 heavy (non-hydrogen) atoms. The van der Waals surface area contributed by atoms with Crippen molar-refractivity contribution in [1.82, 2.24) is 14.5 Å². The van der Waals surface area contributed by atoms with Crippen LogP contribution in [0.3, 0.4) is 0 Å². The van der Waals surface area contributed by atoms with E-state index < -0.39 is 0 Å². The van der Waals surface area contributed by atoms with Crippen LogP contribution < -0.4 is 5.56 Å². The van der Waals surface area contributed by atoms with Crippen LogP contribution in [0.1, 0.15) is 46.4 Å². The van der Waals surface area contributed by atoms with Crippen LogP contribution in [0, 0.1) is 6.92 Å². The van der Waals surface area contributed by atoms with Crippen LogP contribution in [-0.2, 0) is 7.05 Å². The lowest BCUT2D eigenvalue weighted by molar-refractivity contribution is 0.0610. The number of carbonyl (C=O) groups excluding carboxylic acids is 1. The number of amides is 1. The van der Waals surface area contributed by atoms with Gasteiger partial charge < -0.3 is 9.47 Å². The Balaban J connectivity index is 1.91. The zero-order chi connectivity index (χ0) is 15.7. The number of aryl methyl sites for hydroxylation is 2. The topological polar surface area (TPSA) is 55.2 Å². The molecule has 3 heterocycles. The second-order valence-corrected chi connectivity index (χ2v) is 6.59. The number of nitrogens with zero attached hydrogens (tertiary/aromatic N) is 3. The second-order valence-electron chi connectivity index (χ2n) is 5.70. The van der Waals surface area contributed by atoms with Crippen LogP contribution in [0.4, 0.5) is 0 Å². The molecule has 3 rings (SSSR count). The predicted octanol–water partition coefficient (Wildman–Crippen LogP) is 2.52. The van der Waals surface area contributed by atoms with Gasteiger partial charge in [0.2, 0.25) is 0 Å². The third kappa shape index (κ3) is 2.83. The summed E-state index contributed by atoms with van der Waals surface area (Å²) in [6.07, 6.45) is 4.67. The van der Waals surface area contributed by atoms with Crippen LogP contribution >= 0.6 is 11.3 Å². The Hall–Kier alpha value is -1.95. The summed E-state index contributed by atoms with van der Waals surface area (Å²) in [4.78, 5) is 31.0. The van der Waals surface area contributed by atoms with Crippen molar-refractivity contribution >= 4 is 17.2 Å². The van der Waals surface area contributed by atoms with Crippen LogP contribution in [0.5, 0.6) is 0 Å². The molecule has 2 aromatic rings. The lowest BCUT2D eigenvalue weighted by Gasteiger charge is -2.34. The van der Waals surface area contributed by atoms with E-state index in [0.29, 0.717) is 5.56 Å². The Labute approximate surface area is 133 Å². The molecule has 2 aromatic heterocycles. The molecule has 1 amide bonds. The van der Waals surface area contributed by atoms with Gasteiger partial charge in [-0.25, -0.2) is 4.98 Å².